The second-order valence-corrected chi connectivity index (χ2v) is 8.86. The maximum atomic E-state index is 13.2. The molecule has 0 radical (unpaired) electrons. The van der Waals surface area contributed by atoms with Gasteiger partial charge in [-0.15, -0.1) is 11.3 Å². The van der Waals surface area contributed by atoms with Crippen molar-refractivity contribution in [3.05, 3.63) is 76.3 Å². The Labute approximate surface area is 194 Å². The van der Waals surface area contributed by atoms with Crippen LogP contribution in [0.4, 0.5) is 5.13 Å². The molecule has 0 unspecified atom stereocenters. The van der Waals surface area contributed by atoms with Crippen molar-refractivity contribution >= 4 is 44.9 Å². The summed E-state index contributed by atoms with van der Waals surface area (Å²) in [6.07, 6.45) is 0. The van der Waals surface area contributed by atoms with E-state index in [0.717, 1.165) is 60.7 Å². The van der Waals surface area contributed by atoms with E-state index in [0.29, 0.717) is 15.7 Å². The van der Waals surface area contributed by atoms with Gasteiger partial charge < -0.3 is 4.74 Å². The number of pyridine rings is 1. The summed E-state index contributed by atoms with van der Waals surface area (Å²) in [6.45, 7) is 4.05. The predicted octanol–water partition coefficient (Wildman–Crippen LogP) is 5.10. The Balaban J connectivity index is 1.41. The quantitative estimate of drug-likeness (QED) is 0.445. The molecule has 3 heterocycles. The number of fused-ring (bicyclic) bond motifs is 1. The normalized spacial score (nSPS) is 14.5. The van der Waals surface area contributed by atoms with E-state index < -0.39 is 0 Å². The van der Waals surface area contributed by atoms with E-state index in [4.69, 9.17) is 21.3 Å². The van der Waals surface area contributed by atoms with Crippen molar-refractivity contribution in [2.45, 2.75) is 6.54 Å². The highest BCUT2D eigenvalue weighted by atomic mass is 35.5. The van der Waals surface area contributed by atoms with Crippen LogP contribution < -0.4 is 5.32 Å². The average Bonchev–Trinajstić information content (AvgIpc) is 3.26. The molecule has 32 heavy (non-hydrogen) atoms. The molecular formula is C24H21ClN4O2S. The molecular weight excluding hydrogens is 444 g/mol. The zero-order valence-corrected chi connectivity index (χ0v) is 18.8. The summed E-state index contributed by atoms with van der Waals surface area (Å²) < 4.78 is 5.40. The fourth-order valence-electron chi connectivity index (χ4n) is 3.72. The van der Waals surface area contributed by atoms with E-state index in [1.54, 1.807) is 0 Å². The van der Waals surface area contributed by atoms with Crippen LogP contribution in [0.3, 0.4) is 0 Å². The molecule has 2 aromatic heterocycles. The van der Waals surface area contributed by atoms with Crippen LogP contribution in [0, 0.1) is 0 Å². The Morgan fingerprint density at radius 1 is 1.09 bits per heavy atom. The number of rotatable bonds is 5. The zero-order chi connectivity index (χ0) is 21.9. The van der Waals surface area contributed by atoms with Gasteiger partial charge in [-0.05, 0) is 24.3 Å². The molecule has 0 bridgehead atoms. The number of carbonyl (C=O) groups excluding carboxylic acids is 1. The minimum absolute atomic E-state index is 0.203. The number of nitrogens with zero attached hydrogens (tertiary/aromatic N) is 3. The van der Waals surface area contributed by atoms with Crippen LogP contribution in [0.25, 0.3) is 22.2 Å². The lowest BCUT2D eigenvalue weighted by Crippen LogP contribution is -2.35. The number of benzene rings is 2. The maximum absolute atomic E-state index is 13.2. The molecule has 0 saturated carbocycles. The molecule has 2 aromatic carbocycles. The van der Waals surface area contributed by atoms with E-state index in [-0.39, 0.29) is 5.91 Å². The van der Waals surface area contributed by atoms with Crippen molar-refractivity contribution in [3.63, 3.8) is 0 Å². The topological polar surface area (TPSA) is 67.4 Å². The molecule has 1 aliphatic heterocycles. The number of halogens is 1. The molecule has 5 rings (SSSR count). The first-order valence-corrected chi connectivity index (χ1v) is 11.6. The van der Waals surface area contributed by atoms with Gasteiger partial charge in [0.1, 0.15) is 0 Å². The first-order valence-electron chi connectivity index (χ1n) is 10.4. The number of aromatic nitrogens is 2. The van der Waals surface area contributed by atoms with Gasteiger partial charge in [0.05, 0.1) is 35.7 Å². The SMILES string of the molecule is O=C(Nc1nc(CN2CCOCC2)cs1)c1cc(-c2ccc(Cl)cc2)nc2ccccc12. The molecule has 1 N–H and O–H groups in total. The van der Waals surface area contributed by atoms with Gasteiger partial charge >= 0.3 is 0 Å². The summed E-state index contributed by atoms with van der Waals surface area (Å²) in [5.41, 5.74) is 3.89. The number of anilines is 1. The van der Waals surface area contributed by atoms with Crippen molar-refractivity contribution in [2.75, 3.05) is 31.6 Å². The van der Waals surface area contributed by atoms with Crippen molar-refractivity contribution in [1.82, 2.24) is 14.9 Å². The number of hydrogen-bond acceptors (Lipinski definition) is 6. The number of amides is 1. The summed E-state index contributed by atoms with van der Waals surface area (Å²) >= 11 is 7.47. The van der Waals surface area contributed by atoms with E-state index >= 15 is 0 Å². The number of nitrogens with one attached hydrogen (secondary N) is 1. The van der Waals surface area contributed by atoms with E-state index in [9.17, 15) is 4.79 Å². The number of para-hydroxylation sites is 1. The lowest BCUT2D eigenvalue weighted by Gasteiger charge is -2.25. The zero-order valence-electron chi connectivity index (χ0n) is 17.3. The van der Waals surface area contributed by atoms with Gasteiger partial charge in [0.15, 0.2) is 5.13 Å². The fourth-order valence-corrected chi connectivity index (χ4v) is 4.54. The maximum Gasteiger partial charge on any atom is 0.258 e. The summed E-state index contributed by atoms with van der Waals surface area (Å²) in [7, 11) is 0. The van der Waals surface area contributed by atoms with E-state index in [1.807, 2.05) is 60.0 Å². The third-order valence-electron chi connectivity index (χ3n) is 5.36. The summed E-state index contributed by atoms with van der Waals surface area (Å²) in [5, 5.41) is 7.01. The predicted molar refractivity (Wildman–Crippen MR) is 128 cm³/mol. The van der Waals surface area contributed by atoms with E-state index in [2.05, 4.69) is 15.2 Å². The van der Waals surface area contributed by atoms with Gasteiger partial charge in [0.25, 0.3) is 5.91 Å². The Morgan fingerprint density at radius 3 is 2.69 bits per heavy atom. The summed E-state index contributed by atoms with van der Waals surface area (Å²) in [4.78, 5) is 24.9. The van der Waals surface area contributed by atoms with Gasteiger partial charge in [0, 0.05) is 41.0 Å². The number of hydrogen-bond donors (Lipinski definition) is 1. The lowest BCUT2D eigenvalue weighted by atomic mass is 10.0. The first-order chi connectivity index (χ1) is 15.7. The molecule has 0 aliphatic carbocycles. The van der Waals surface area contributed by atoms with Crippen molar-refractivity contribution < 1.29 is 9.53 Å². The van der Waals surface area contributed by atoms with Gasteiger partial charge in [-0.3, -0.25) is 15.0 Å². The number of morpholine rings is 1. The van der Waals surface area contributed by atoms with Gasteiger partial charge in [-0.2, -0.15) is 0 Å². The second-order valence-electron chi connectivity index (χ2n) is 7.57. The number of thiazole rings is 1. The minimum atomic E-state index is -0.203. The van der Waals surface area contributed by atoms with Crippen LogP contribution in [0.2, 0.25) is 5.02 Å². The Bertz CT molecular complexity index is 1250. The second kappa shape index (κ2) is 9.34. The minimum Gasteiger partial charge on any atom is -0.379 e. The Hall–Kier alpha value is -2.84. The highest BCUT2D eigenvalue weighted by Gasteiger charge is 2.17. The van der Waals surface area contributed by atoms with Crippen molar-refractivity contribution in [2.24, 2.45) is 0 Å². The highest BCUT2D eigenvalue weighted by Crippen LogP contribution is 2.27. The molecule has 1 aliphatic rings. The average molecular weight is 465 g/mol. The molecule has 4 aromatic rings. The molecule has 1 fully saturated rings. The van der Waals surface area contributed by atoms with Crippen LogP contribution >= 0.6 is 22.9 Å². The monoisotopic (exact) mass is 464 g/mol. The molecule has 1 amide bonds. The molecule has 0 atom stereocenters. The molecule has 0 spiro atoms. The third kappa shape index (κ3) is 4.66. The van der Waals surface area contributed by atoms with Crippen LogP contribution in [0.5, 0.6) is 0 Å². The Morgan fingerprint density at radius 2 is 1.88 bits per heavy atom. The lowest BCUT2D eigenvalue weighted by molar-refractivity contribution is 0.0337. The summed E-state index contributed by atoms with van der Waals surface area (Å²) in [6, 6.07) is 16.9. The molecule has 6 nitrogen and oxygen atoms in total. The van der Waals surface area contributed by atoms with Gasteiger partial charge in [-0.1, -0.05) is 41.9 Å². The Kier molecular flexibility index (Phi) is 6.14. The third-order valence-corrected chi connectivity index (χ3v) is 6.42. The van der Waals surface area contributed by atoms with Gasteiger partial charge in [-0.25, -0.2) is 9.97 Å². The van der Waals surface area contributed by atoms with Crippen LogP contribution in [-0.2, 0) is 11.3 Å². The number of carbonyl (C=O) groups is 1. The van der Waals surface area contributed by atoms with E-state index in [1.165, 1.54) is 11.3 Å². The largest absolute Gasteiger partial charge is 0.379 e. The smallest absolute Gasteiger partial charge is 0.258 e. The molecule has 1 saturated heterocycles. The highest BCUT2D eigenvalue weighted by molar-refractivity contribution is 7.14. The summed E-state index contributed by atoms with van der Waals surface area (Å²) in [5.74, 6) is -0.203. The molecule has 8 heteroatoms. The van der Waals surface area contributed by atoms with Crippen LogP contribution in [0.1, 0.15) is 16.1 Å². The standard InChI is InChI=1S/C24H21ClN4O2S/c25-17-7-5-16(6-8-17)22-13-20(19-3-1-2-4-21(19)27-22)23(30)28-24-26-18(15-32-24)14-29-9-11-31-12-10-29/h1-8,13,15H,9-12,14H2,(H,26,28,30). The van der Waals surface area contributed by atoms with Crippen molar-refractivity contribution in [3.8, 4) is 11.3 Å². The fraction of sp³-hybridized carbons (Fsp3) is 0.208. The van der Waals surface area contributed by atoms with Crippen LogP contribution in [0.15, 0.2) is 60.0 Å². The number of ether oxygens (including phenoxy) is 1. The first kappa shape index (κ1) is 21.0. The van der Waals surface area contributed by atoms with Gasteiger partial charge in [0.2, 0.25) is 0 Å². The van der Waals surface area contributed by atoms with Crippen LogP contribution in [-0.4, -0.2) is 47.1 Å². The van der Waals surface area contributed by atoms with Crippen molar-refractivity contribution in [1.29, 1.82) is 0 Å². The molecule has 162 valence electrons.